The molecule has 0 unspecified atom stereocenters. The minimum atomic E-state index is 0.425. The predicted molar refractivity (Wildman–Crippen MR) is 105 cm³/mol. The number of rotatable bonds is 6. The van der Waals surface area contributed by atoms with E-state index in [0.717, 1.165) is 15.6 Å². The SMILES string of the molecule is COc1ccccc1-c1nnc(CSc2n[nH]c(-c3ccc(Br)cc3)n2)o1. The average molecular weight is 444 g/mol. The highest BCUT2D eigenvalue weighted by Gasteiger charge is 2.14. The maximum absolute atomic E-state index is 5.74. The van der Waals surface area contributed by atoms with Crippen molar-refractivity contribution in [2.45, 2.75) is 10.9 Å². The summed E-state index contributed by atoms with van der Waals surface area (Å²) < 4.78 is 12.1. The molecule has 0 saturated carbocycles. The number of thioether (sulfide) groups is 1. The molecule has 0 amide bonds. The molecule has 0 saturated heterocycles. The van der Waals surface area contributed by atoms with Gasteiger partial charge in [-0.1, -0.05) is 52.0 Å². The largest absolute Gasteiger partial charge is 0.496 e. The lowest BCUT2D eigenvalue weighted by molar-refractivity contribution is 0.414. The molecule has 9 heteroatoms. The number of halogens is 1. The molecular weight excluding hydrogens is 430 g/mol. The van der Waals surface area contributed by atoms with E-state index < -0.39 is 0 Å². The standard InChI is InChI=1S/C18H14BrN5O2S/c1-25-14-5-3-2-4-13(14)17-23-21-15(26-17)10-27-18-20-16(22-24-18)11-6-8-12(19)9-7-11/h2-9H,10H2,1H3,(H,20,22,24). The number of nitrogens with zero attached hydrogens (tertiary/aromatic N) is 4. The van der Waals surface area contributed by atoms with Gasteiger partial charge in [0.05, 0.1) is 18.4 Å². The Morgan fingerprint density at radius 1 is 1.11 bits per heavy atom. The van der Waals surface area contributed by atoms with E-state index in [2.05, 4.69) is 41.3 Å². The molecule has 4 rings (SSSR count). The molecule has 0 radical (unpaired) electrons. The summed E-state index contributed by atoms with van der Waals surface area (Å²) in [6.45, 7) is 0. The van der Waals surface area contributed by atoms with Crippen LogP contribution in [0.25, 0.3) is 22.8 Å². The highest BCUT2D eigenvalue weighted by Crippen LogP contribution is 2.29. The molecule has 0 aliphatic rings. The Balaban J connectivity index is 1.44. The first-order valence-electron chi connectivity index (χ1n) is 8.00. The van der Waals surface area contributed by atoms with E-state index in [0.29, 0.717) is 34.3 Å². The van der Waals surface area contributed by atoms with E-state index in [1.165, 1.54) is 11.8 Å². The van der Waals surface area contributed by atoms with E-state index in [1.54, 1.807) is 7.11 Å². The Kier molecular flexibility index (Phi) is 5.21. The number of aromatic nitrogens is 5. The van der Waals surface area contributed by atoms with Crippen LogP contribution in [0.5, 0.6) is 5.75 Å². The third-order valence-corrected chi connectivity index (χ3v) is 5.07. The monoisotopic (exact) mass is 443 g/mol. The molecule has 2 aromatic carbocycles. The fraction of sp³-hybridized carbons (Fsp3) is 0.111. The molecule has 0 fully saturated rings. The number of hydrogen-bond acceptors (Lipinski definition) is 7. The zero-order valence-corrected chi connectivity index (χ0v) is 16.6. The van der Waals surface area contributed by atoms with Crippen molar-refractivity contribution in [3.8, 4) is 28.6 Å². The molecule has 2 aromatic heterocycles. The fourth-order valence-electron chi connectivity index (χ4n) is 2.42. The van der Waals surface area contributed by atoms with Gasteiger partial charge >= 0.3 is 0 Å². The van der Waals surface area contributed by atoms with Crippen molar-refractivity contribution >= 4 is 27.7 Å². The quantitative estimate of drug-likeness (QED) is 0.435. The summed E-state index contributed by atoms with van der Waals surface area (Å²) in [5.41, 5.74) is 1.73. The number of H-pyrrole nitrogens is 1. The fourth-order valence-corrected chi connectivity index (χ4v) is 3.32. The minimum Gasteiger partial charge on any atom is -0.496 e. The van der Waals surface area contributed by atoms with Crippen LogP contribution in [0.1, 0.15) is 5.89 Å². The topological polar surface area (TPSA) is 89.7 Å². The highest BCUT2D eigenvalue weighted by atomic mass is 79.9. The molecule has 0 atom stereocenters. The van der Waals surface area contributed by atoms with Crippen LogP contribution in [0.3, 0.4) is 0 Å². The number of aromatic amines is 1. The van der Waals surface area contributed by atoms with Crippen LogP contribution < -0.4 is 4.74 Å². The summed E-state index contributed by atoms with van der Waals surface area (Å²) in [6.07, 6.45) is 0. The van der Waals surface area contributed by atoms with Crippen molar-refractivity contribution in [2.24, 2.45) is 0 Å². The zero-order valence-electron chi connectivity index (χ0n) is 14.2. The molecular formula is C18H14BrN5O2S. The molecule has 0 aliphatic heterocycles. The van der Waals surface area contributed by atoms with E-state index in [-0.39, 0.29) is 0 Å². The van der Waals surface area contributed by atoms with Crippen molar-refractivity contribution < 1.29 is 9.15 Å². The minimum absolute atomic E-state index is 0.425. The molecule has 0 spiro atoms. The van der Waals surface area contributed by atoms with Gasteiger partial charge in [0.15, 0.2) is 5.82 Å². The van der Waals surface area contributed by atoms with Crippen molar-refractivity contribution in [3.63, 3.8) is 0 Å². The van der Waals surface area contributed by atoms with Crippen molar-refractivity contribution in [3.05, 3.63) is 58.9 Å². The lowest BCUT2D eigenvalue weighted by Gasteiger charge is -2.03. The summed E-state index contributed by atoms with van der Waals surface area (Å²) >= 11 is 4.84. The number of methoxy groups -OCH3 is 1. The van der Waals surface area contributed by atoms with Gasteiger partial charge in [-0.25, -0.2) is 4.98 Å². The molecule has 136 valence electrons. The van der Waals surface area contributed by atoms with Gasteiger partial charge < -0.3 is 9.15 Å². The highest BCUT2D eigenvalue weighted by molar-refractivity contribution is 9.10. The van der Waals surface area contributed by atoms with E-state index in [1.807, 2.05) is 48.5 Å². The van der Waals surface area contributed by atoms with Gasteiger partial charge in [0, 0.05) is 10.0 Å². The van der Waals surface area contributed by atoms with Gasteiger partial charge in [0.2, 0.25) is 11.0 Å². The lowest BCUT2D eigenvalue weighted by Crippen LogP contribution is -1.87. The molecule has 0 bridgehead atoms. The molecule has 7 nitrogen and oxygen atoms in total. The third-order valence-electron chi connectivity index (χ3n) is 3.71. The molecule has 2 heterocycles. The Labute approximate surface area is 167 Å². The number of benzene rings is 2. The Morgan fingerprint density at radius 2 is 1.93 bits per heavy atom. The van der Waals surface area contributed by atoms with Crippen molar-refractivity contribution in [1.29, 1.82) is 0 Å². The van der Waals surface area contributed by atoms with Crippen molar-refractivity contribution in [1.82, 2.24) is 25.4 Å². The number of hydrogen-bond donors (Lipinski definition) is 1. The van der Waals surface area contributed by atoms with E-state index in [4.69, 9.17) is 9.15 Å². The van der Waals surface area contributed by atoms with Crippen LogP contribution >= 0.6 is 27.7 Å². The first kappa shape index (κ1) is 17.7. The maximum Gasteiger partial charge on any atom is 0.251 e. The lowest BCUT2D eigenvalue weighted by atomic mass is 10.2. The van der Waals surface area contributed by atoms with Crippen LogP contribution in [0.4, 0.5) is 0 Å². The van der Waals surface area contributed by atoms with Gasteiger partial charge in [-0.2, -0.15) is 0 Å². The maximum atomic E-state index is 5.74. The normalized spacial score (nSPS) is 10.9. The second-order valence-electron chi connectivity index (χ2n) is 5.46. The first-order valence-corrected chi connectivity index (χ1v) is 9.77. The van der Waals surface area contributed by atoms with Crippen LogP contribution in [0.2, 0.25) is 0 Å². The summed E-state index contributed by atoms with van der Waals surface area (Å²) in [7, 11) is 1.61. The van der Waals surface area contributed by atoms with E-state index in [9.17, 15) is 0 Å². The van der Waals surface area contributed by atoms with Crippen molar-refractivity contribution in [2.75, 3.05) is 7.11 Å². The Bertz CT molecular complexity index is 1050. The second kappa shape index (κ2) is 7.93. The number of nitrogens with one attached hydrogen (secondary N) is 1. The summed E-state index contributed by atoms with van der Waals surface area (Å²) in [5.74, 6) is 2.79. The number of ether oxygens (including phenoxy) is 1. The Hall–Kier alpha value is -2.65. The van der Waals surface area contributed by atoms with E-state index >= 15 is 0 Å². The predicted octanol–water partition coefficient (Wildman–Crippen LogP) is 4.59. The average Bonchev–Trinajstić information content (AvgIpc) is 3.36. The molecule has 1 N–H and O–H groups in total. The van der Waals surface area contributed by atoms with Gasteiger partial charge in [-0.15, -0.1) is 15.3 Å². The number of para-hydroxylation sites is 1. The molecule has 0 aliphatic carbocycles. The summed E-state index contributed by atoms with van der Waals surface area (Å²) in [4.78, 5) is 4.49. The van der Waals surface area contributed by atoms with Gasteiger partial charge in [0.25, 0.3) is 5.89 Å². The molecule has 27 heavy (non-hydrogen) atoms. The van der Waals surface area contributed by atoms with Gasteiger partial charge in [-0.05, 0) is 24.3 Å². The van der Waals surface area contributed by atoms with Crippen LogP contribution in [-0.2, 0) is 5.75 Å². The second-order valence-corrected chi connectivity index (χ2v) is 7.32. The third kappa shape index (κ3) is 4.04. The Morgan fingerprint density at radius 3 is 2.74 bits per heavy atom. The molecule has 4 aromatic rings. The zero-order chi connectivity index (χ0) is 18.6. The summed E-state index contributed by atoms with van der Waals surface area (Å²) in [6, 6.07) is 15.4. The summed E-state index contributed by atoms with van der Waals surface area (Å²) in [5, 5.41) is 16.0. The van der Waals surface area contributed by atoms with Crippen LogP contribution in [0.15, 0.2) is 62.6 Å². The van der Waals surface area contributed by atoms with Crippen LogP contribution in [0, 0.1) is 0 Å². The first-order chi connectivity index (χ1) is 13.2. The van der Waals surface area contributed by atoms with Gasteiger partial charge in [-0.3, -0.25) is 5.10 Å². The van der Waals surface area contributed by atoms with Gasteiger partial charge in [0.1, 0.15) is 5.75 Å². The van der Waals surface area contributed by atoms with Crippen LogP contribution in [-0.4, -0.2) is 32.5 Å². The smallest absolute Gasteiger partial charge is 0.251 e.